The van der Waals surface area contributed by atoms with Crippen LogP contribution in [0.25, 0.3) is 0 Å². The van der Waals surface area contributed by atoms with Gasteiger partial charge in [0, 0.05) is 13.6 Å². The first-order chi connectivity index (χ1) is 17.0. The molecule has 5 atom stereocenters. The second-order valence-corrected chi connectivity index (χ2v) is 12.7. The number of aliphatic hydroxyl groups excluding tert-OH is 1. The number of hydrogen-bond donors (Lipinski definition) is 2. The Morgan fingerprint density at radius 2 is 2.00 bits per heavy atom. The van der Waals surface area contributed by atoms with E-state index in [1.54, 1.807) is 13.0 Å². The molecule has 2 amide bonds. The van der Waals surface area contributed by atoms with Crippen molar-refractivity contribution in [3.05, 3.63) is 30.0 Å². The van der Waals surface area contributed by atoms with Crippen LogP contribution in [-0.2, 0) is 15.0 Å². The zero-order chi connectivity index (χ0) is 25.3. The van der Waals surface area contributed by atoms with Crippen LogP contribution in [0.3, 0.4) is 0 Å². The number of ether oxygens (including phenoxy) is 2. The van der Waals surface area contributed by atoms with Crippen LogP contribution in [0.15, 0.2) is 24.5 Å². The Hall–Kier alpha value is -2.58. The molecular formula is C28H35N3O5. The number of hydrogen-bond acceptors (Lipinski definition) is 6. The van der Waals surface area contributed by atoms with E-state index in [0.29, 0.717) is 23.6 Å². The summed E-state index contributed by atoms with van der Waals surface area (Å²) >= 11 is 0. The number of piperazine rings is 1. The molecule has 2 N–H and O–H groups in total. The van der Waals surface area contributed by atoms with Crippen LogP contribution in [0.5, 0.6) is 11.5 Å². The molecule has 6 heterocycles. The van der Waals surface area contributed by atoms with E-state index >= 15 is 0 Å². The second kappa shape index (κ2) is 6.64. The topological polar surface area (TPSA) is 91.3 Å². The predicted molar refractivity (Wildman–Crippen MR) is 133 cm³/mol. The fourth-order valence-corrected chi connectivity index (χ4v) is 8.93. The molecule has 3 spiro atoms. The first-order valence-corrected chi connectivity index (χ1v) is 13.2. The van der Waals surface area contributed by atoms with Crippen molar-refractivity contribution in [2.45, 2.75) is 75.0 Å². The van der Waals surface area contributed by atoms with Crippen LogP contribution >= 0.6 is 0 Å². The zero-order valence-electron chi connectivity index (χ0n) is 21.5. The highest BCUT2D eigenvalue weighted by Gasteiger charge is 2.79. The standard InChI is InChI=1S/C28H35N3O5/c1-24(2)19-13-26-9-5-6-11-31(26)15-27(19,30(4)23(26)34)14-28(24)17-7-8-18-21(20(17)29-22(28)33)35-12-10-25(3,16-32)36-18/h7-8,10,12,19,32H,5-6,9,11,13-16H2,1-4H3,(H,29,33)/t19-,25?,26-,27-,28+/m0/s1. The summed E-state index contributed by atoms with van der Waals surface area (Å²) in [7, 11) is 1.97. The number of likely N-dealkylation sites (N-methyl/N-ethyl adjacent to an activating group) is 1. The molecule has 1 unspecified atom stereocenters. The fraction of sp³-hybridized carbons (Fsp3) is 0.643. The van der Waals surface area contributed by atoms with Gasteiger partial charge in [0.15, 0.2) is 17.1 Å². The third-order valence-electron chi connectivity index (χ3n) is 10.9. The summed E-state index contributed by atoms with van der Waals surface area (Å²) in [6, 6.07) is 3.86. The molecule has 1 aromatic rings. The number of aliphatic hydroxyl groups is 1. The second-order valence-electron chi connectivity index (χ2n) is 12.7. The lowest BCUT2D eigenvalue weighted by Crippen LogP contribution is -2.80. The van der Waals surface area contributed by atoms with E-state index < -0.39 is 22.1 Å². The first-order valence-electron chi connectivity index (χ1n) is 13.2. The Balaban J connectivity index is 1.39. The van der Waals surface area contributed by atoms with Gasteiger partial charge in [-0.25, -0.2) is 0 Å². The molecule has 1 aromatic carbocycles. The van der Waals surface area contributed by atoms with Gasteiger partial charge in [-0.1, -0.05) is 19.9 Å². The summed E-state index contributed by atoms with van der Waals surface area (Å²) in [6.07, 6.45) is 7.74. The van der Waals surface area contributed by atoms with Crippen LogP contribution in [0.1, 0.15) is 58.4 Å². The van der Waals surface area contributed by atoms with Crippen molar-refractivity contribution in [2.75, 3.05) is 32.1 Å². The van der Waals surface area contributed by atoms with E-state index in [0.717, 1.165) is 44.3 Å². The molecule has 8 rings (SSSR count). The fourth-order valence-electron chi connectivity index (χ4n) is 8.93. The highest BCUT2D eigenvalue weighted by atomic mass is 16.5. The third kappa shape index (κ3) is 2.30. The number of amides is 2. The molecule has 1 saturated carbocycles. The Kier molecular flexibility index (Phi) is 4.17. The molecule has 0 radical (unpaired) electrons. The van der Waals surface area contributed by atoms with Gasteiger partial charge < -0.3 is 24.8 Å². The maximum atomic E-state index is 14.2. The lowest BCUT2D eigenvalue weighted by atomic mass is 9.56. The maximum Gasteiger partial charge on any atom is 0.243 e. The third-order valence-corrected chi connectivity index (χ3v) is 10.9. The van der Waals surface area contributed by atoms with E-state index in [9.17, 15) is 14.7 Å². The molecule has 8 nitrogen and oxygen atoms in total. The van der Waals surface area contributed by atoms with Crippen molar-refractivity contribution < 1.29 is 24.2 Å². The van der Waals surface area contributed by atoms with Gasteiger partial charge >= 0.3 is 0 Å². The summed E-state index contributed by atoms with van der Waals surface area (Å²) < 4.78 is 12.1. The summed E-state index contributed by atoms with van der Waals surface area (Å²) in [5, 5.41) is 13.0. The average molecular weight is 494 g/mol. The molecule has 192 valence electrons. The van der Waals surface area contributed by atoms with Crippen molar-refractivity contribution in [1.82, 2.24) is 9.80 Å². The number of anilines is 1. The van der Waals surface area contributed by atoms with Crippen molar-refractivity contribution in [3.63, 3.8) is 0 Å². The molecule has 0 aromatic heterocycles. The van der Waals surface area contributed by atoms with Gasteiger partial charge in [0.25, 0.3) is 0 Å². The molecule has 2 bridgehead atoms. The van der Waals surface area contributed by atoms with Crippen molar-refractivity contribution >= 4 is 17.5 Å². The lowest BCUT2D eigenvalue weighted by Gasteiger charge is -2.67. The molecule has 8 heteroatoms. The number of rotatable bonds is 1. The van der Waals surface area contributed by atoms with Crippen LogP contribution in [0.2, 0.25) is 0 Å². The Labute approximate surface area is 211 Å². The summed E-state index contributed by atoms with van der Waals surface area (Å²) in [5.41, 5.74) is -1.34. The summed E-state index contributed by atoms with van der Waals surface area (Å²) in [6.45, 7) is 7.84. The SMILES string of the molecule is CN1C(=O)[C@@]23CCCCN2C[C@]12C[C@@]1(C(=O)Nc4c1ccc1c4OC=CC(C)(CO)O1)C(C)(C)[C@@H]2C3. The van der Waals surface area contributed by atoms with E-state index in [4.69, 9.17) is 9.47 Å². The van der Waals surface area contributed by atoms with Crippen LogP contribution in [0.4, 0.5) is 5.69 Å². The predicted octanol–water partition coefficient (Wildman–Crippen LogP) is 2.80. The largest absolute Gasteiger partial charge is 0.477 e. The number of carbonyl (C=O) groups is 2. The molecule has 6 aliphatic heterocycles. The highest BCUT2D eigenvalue weighted by molar-refractivity contribution is 6.09. The minimum atomic E-state index is -0.910. The van der Waals surface area contributed by atoms with Crippen LogP contribution in [-0.4, -0.2) is 70.1 Å². The average Bonchev–Trinajstić information content (AvgIpc) is 3.16. The van der Waals surface area contributed by atoms with Crippen molar-refractivity contribution in [2.24, 2.45) is 11.3 Å². The van der Waals surface area contributed by atoms with E-state index in [-0.39, 0.29) is 29.8 Å². The number of nitrogens with zero attached hydrogens (tertiary/aromatic N) is 2. The minimum absolute atomic E-state index is 0.0267. The quantitative estimate of drug-likeness (QED) is 0.625. The van der Waals surface area contributed by atoms with E-state index in [1.807, 2.05) is 24.1 Å². The smallest absolute Gasteiger partial charge is 0.243 e. The van der Waals surface area contributed by atoms with Gasteiger partial charge in [-0.15, -0.1) is 0 Å². The summed E-state index contributed by atoms with van der Waals surface area (Å²) in [5.74, 6) is 1.37. The molecule has 5 fully saturated rings. The van der Waals surface area contributed by atoms with Gasteiger partial charge in [0.1, 0.15) is 5.54 Å². The summed E-state index contributed by atoms with van der Waals surface area (Å²) in [4.78, 5) is 32.5. The molecule has 1 aliphatic carbocycles. The van der Waals surface area contributed by atoms with E-state index in [1.165, 1.54) is 6.26 Å². The number of nitrogens with one attached hydrogen (secondary N) is 1. The molecule has 4 saturated heterocycles. The first kappa shape index (κ1) is 22.6. The Morgan fingerprint density at radius 3 is 2.78 bits per heavy atom. The van der Waals surface area contributed by atoms with Crippen LogP contribution < -0.4 is 14.8 Å². The molecule has 36 heavy (non-hydrogen) atoms. The number of carbonyl (C=O) groups excluding carboxylic acids is 2. The van der Waals surface area contributed by atoms with Gasteiger partial charge in [-0.3, -0.25) is 14.5 Å². The Morgan fingerprint density at radius 1 is 1.19 bits per heavy atom. The monoisotopic (exact) mass is 493 g/mol. The van der Waals surface area contributed by atoms with Gasteiger partial charge in [-0.2, -0.15) is 0 Å². The number of benzene rings is 1. The highest BCUT2D eigenvalue weighted by Crippen LogP contribution is 2.72. The Bertz CT molecular complexity index is 1240. The molecular weight excluding hydrogens is 458 g/mol. The number of piperidine rings is 3. The normalized spacial score (nSPS) is 41.7. The minimum Gasteiger partial charge on any atom is -0.477 e. The van der Waals surface area contributed by atoms with Crippen LogP contribution in [0, 0.1) is 11.3 Å². The van der Waals surface area contributed by atoms with Gasteiger partial charge in [0.2, 0.25) is 11.8 Å². The van der Waals surface area contributed by atoms with Gasteiger partial charge in [0.05, 0.1) is 29.5 Å². The number of fused-ring (bicyclic) bond motifs is 5. The van der Waals surface area contributed by atoms with Crippen molar-refractivity contribution in [1.29, 1.82) is 0 Å². The lowest BCUT2D eigenvalue weighted by molar-refractivity contribution is -0.196. The van der Waals surface area contributed by atoms with Crippen molar-refractivity contribution in [3.8, 4) is 11.5 Å². The zero-order valence-corrected chi connectivity index (χ0v) is 21.5. The molecule has 7 aliphatic rings. The van der Waals surface area contributed by atoms with E-state index in [2.05, 4.69) is 24.1 Å². The van der Waals surface area contributed by atoms with Gasteiger partial charge in [-0.05, 0) is 74.6 Å². The maximum absolute atomic E-state index is 14.2.